The van der Waals surface area contributed by atoms with E-state index < -0.39 is 0 Å². The van der Waals surface area contributed by atoms with Crippen LogP contribution in [0.3, 0.4) is 0 Å². The van der Waals surface area contributed by atoms with Gasteiger partial charge in [0, 0.05) is 18.5 Å². The van der Waals surface area contributed by atoms with Gasteiger partial charge in [-0.15, -0.1) is 5.10 Å². The number of hydrogen-bond donors (Lipinski definition) is 1. The quantitative estimate of drug-likeness (QED) is 0.798. The Morgan fingerprint density at radius 2 is 2.10 bits per heavy atom. The van der Waals surface area contributed by atoms with Crippen LogP contribution in [-0.2, 0) is 18.9 Å². The van der Waals surface area contributed by atoms with Gasteiger partial charge < -0.3 is 5.32 Å². The molecule has 4 nitrogen and oxygen atoms in total. The summed E-state index contributed by atoms with van der Waals surface area (Å²) in [5.74, 6) is 0. The van der Waals surface area contributed by atoms with E-state index in [0.29, 0.717) is 6.04 Å². The second-order valence-corrected chi connectivity index (χ2v) is 7.23. The number of benzene rings is 1. The first-order valence-electron chi connectivity index (χ1n) is 7.50. The molecule has 1 aliphatic carbocycles. The lowest BCUT2D eigenvalue weighted by Crippen LogP contribution is -2.62. The molecule has 2 aromatic rings. The Labute approximate surface area is 119 Å². The van der Waals surface area contributed by atoms with E-state index in [0.717, 1.165) is 24.0 Å². The molecule has 1 unspecified atom stereocenters. The standard InChI is InChI=1S/C16H22N4/c1-15(2)14-8-10-7-13-12(18-19-20(13)4)9-11(10)16(15,3)5-6-17-14/h7,9,14,17H,5-6,8H2,1-4H3/t14?,16-/m0/s1. The van der Waals surface area contributed by atoms with Gasteiger partial charge >= 0.3 is 0 Å². The number of nitrogens with one attached hydrogen (secondary N) is 1. The SMILES string of the molecule is Cn1nnc2cc3c(cc21)CC1NCC[C@]3(C)C1(C)C. The largest absolute Gasteiger partial charge is 0.313 e. The number of rotatable bonds is 0. The average Bonchev–Trinajstić information content (AvgIpc) is 2.74. The third kappa shape index (κ3) is 1.30. The molecule has 2 aliphatic rings. The smallest absolute Gasteiger partial charge is 0.113 e. The molecule has 2 atom stereocenters. The summed E-state index contributed by atoms with van der Waals surface area (Å²) in [5.41, 5.74) is 5.64. The highest BCUT2D eigenvalue weighted by Crippen LogP contribution is 2.54. The number of nitrogens with zero attached hydrogens (tertiary/aromatic N) is 3. The fourth-order valence-corrected chi connectivity index (χ4v) is 4.29. The van der Waals surface area contributed by atoms with Crippen LogP contribution in [-0.4, -0.2) is 27.6 Å². The number of aromatic nitrogens is 3. The van der Waals surface area contributed by atoms with Crippen LogP contribution in [0.25, 0.3) is 11.0 Å². The number of aryl methyl sites for hydroxylation is 1. The van der Waals surface area contributed by atoms with Gasteiger partial charge in [-0.2, -0.15) is 0 Å². The van der Waals surface area contributed by atoms with E-state index >= 15 is 0 Å². The second kappa shape index (κ2) is 3.61. The molecule has 0 saturated carbocycles. The zero-order chi connectivity index (χ0) is 14.1. The second-order valence-electron chi connectivity index (χ2n) is 7.23. The maximum Gasteiger partial charge on any atom is 0.113 e. The van der Waals surface area contributed by atoms with Gasteiger partial charge in [0.05, 0.1) is 5.52 Å². The van der Waals surface area contributed by atoms with Crippen molar-refractivity contribution in [1.29, 1.82) is 0 Å². The van der Waals surface area contributed by atoms with Crippen LogP contribution in [0.4, 0.5) is 0 Å². The summed E-state index contributed by atoms with van der Waals surface area (Å²) < 4.78 is 1.88. The molecule has 20 heavy (non-hydrogen) atoms. The molecule has 0 spiro atoms. The van der Waals surface area contributed by atoms with Crippen LogP contribution in [0, 0.1) is 5.41 Å². The minimum absolute atomic E-state index is 0.224. The van der Waals surface area contributed by atoms with Crippen LogP contribution in [0.1, 0.15) is 38.3 Å². The molecular formula is C16H22N4. The van der Waals surface area contributed by atoms with Crippen LogP contribution in [0.5, 0.6) is 0 Å². The van der Waals surface area contributed by atoms with Crippen molar-refractivity contribution in [1.82, 2.24) is 20.3 Å². The number of hydrogen-bond acceptors (Lipinski definition) is 3. The molecule has 1 aromatic heterocycles. The van der Waals surface area contributed by atoms with Crippen molar-refractivity contribution in [2.45, 2.75) is 45.1 Å². The summed E-state index contributed by atoms with van der Waals surface area (Å²) >= 11 is 0. The minimum atomic E-state index is 0.224. The minimum Gasteiger partial charge on any atom is -0.313 e. The zero-order valence-electron chi connectivity index (χ0n) is 12.7. The van der Waals surface area contributed by atoms with Crippen molar-refractivity contribution >= 4 is 11.0 Å². The van der Waals surface area contributed by atoms with E-state index in [4.69, 9.17) is 0 Å². The lowest BCUT2D eigenvalue weighted by molar-refractivity contribution is 0.0561. The van der Waals surface area contributed by atoms with E-state index in [2.05, 4.69) is 48.5 Å². The molecule has 0 radical (unpaired) electrons. The van der Waals surface area contributed by atoms with E-state index in [1.54, 1.807) is 0 Å². The third-order valence-corrected chi connectivity index (χ3v) is 6.16. The van der Waals surface area contributed by atoms with Crippen molar-refractivity contribution < 1.29 is 0 Å². The molecule has 2 bridgehead atoms. The average molecular weight is 270 g/mol. The Bertz CT molecular complexity index is 700. The maximum absolute atomic E-state index is 4.31. The third-order valence-electron chi connectivity index (χ3n) is 6.16. The van der Waals surface area contributed by atoms with Gasteiger partial charge in [-0.05, 0) is 48.1 Å². The molecule has 1 N–H and O–H groups in total. The van der Waals surface area contributed by atoms with Crippen molar-refractivity contribution in [3.63, 3.8) is 0 Å². The first-order chi connectivity index (χ1) is 9.43. The molecular weight excluding hydrogens is 248 g/mol. The summed E-state index contributed by atoms with van der Waals surface area (Å²) in [6.07, 6.45) is 2.30. The van der Waals surface area contributed by atoms with Crippen LogP contribution in [0.2, 0.25) is 0 Å². The van der Waals surface area contributed by atoms with Crippen molar-refractivity contribution in [2.75, 3.05) is 6.54 Å². The Morgan fingerprint density at radius 1 is 1.30 bits per heavy atom. The highest BCUT2D eigenvalue weighted by atomic mass is 15.4. The fourth-order valence-electron chi connectivity index (χ4n) is 4.29. The zero-order valence-corrected chi connectivity index (χ0v) is 12.7. The first kappa shape index (κ1) is 12.3. The summed E-state index contributed by atoms with van der Waals surface area (Å²) in [6.45, 7) is 8.37. The van der Waals surface area contributed by atoms with E-state index in [1.165, 1.54) is 17.5 Å². The summed E-state index contributed by atoms with van der Waals surface area (Å²) in [6, 6.07) is 5.16. The van der Waals surface area contributed by atoms with Gasteiger partial charge in [-0.1, -0.05) is 26.0 Å². The molecule has 4 heteroatoms. The molecule has 0 amide bonds. The molecule has 1 aliphatic heterocycles. The van der Waals surface area contributed by atoms with Crippen LogP contribution >= 0.6 is 0 Å². The van der Waals surface area contributed by atoms with Gasteiger partial charge in [0.2, 0.25) is 0 Å². The van der Waals surface area contributed by atoms with Gasteiger partial charge in [-0.25, -0.2) is 4.68 Å². The summed E-state index contributed by atoms with van der Waals surface area (Å²) in [5, 5.41) is 12.2. The van der Waals surface area contributed by atoms with Crippen molar-refractivity contribution in [3.05, 3.63) is 23.3 Å². The van der Waals surface area contributed by atoms with Gasteiger partial charge in [0.1, 0.15) is 5.52 Å². The normalized spacial score (nSPS) is 31.3. The van der Waals surface area contributed by atoms with E-state index in [1.807, 2.05) is 11.7 Å². The number of fused-ring (bicyclic) bond motifs is 5. The topological polar surface area (TPSA) is 42.7 Å². The monoisotopic (exact) mass is 270 g/mol. The lowest BCUT2D eigenvalue weighted by Gasteiger charge is -2.57. The highest BCUT2D eigenvalue weighted by Gasteiger charge is 2.53. The molecule has 4 rings (SSSR count). The molecule has 1 fully saturated rings. The molecule has 106 valence electrons. The molecule has 1 aromatic carbocycles. The van der Waals surface area contributed by atoms with Gasteiger partial charge in [0.15, 0.2) is 0 Å². The van der Waals surface area contributed by atoms with Crippen molar-refractivity contribution in [2.24, 2.45) is 12.5 Å². The maximum atomic E-state index is 4.31. The highest BCUT2D eigenvalue weighted by molar-refractivity contribution is 5.77. The Morgan fingerprint density at radius 3 is 2.90 bits per heavy atom. The Kier molecular flexibility index (Phi) is 2.23. The Hall–Kier alpha value is -1.42. The number of piperidine rings is 1. The van der Waals surface area contributed by atoms with Crippen LogP contribution < -0.4 is 5.32 Å². The van der Waals surface area contributed by atoms with Gasteiger partial charge in [0.25, 0.3) is 0 Å². The van der Waals surface area contributed by atoms with Crippen molar-refractivity contribution in [3.8, 4) is 0 Å². The summed E-state index contributed by atoms with van der Waals surface area (Å²) in [7, 11) is 1.97. The van der Waals surface area contributed by atoms with E-state index in [9.17, 15) is 0 Å². The molecule has 2 heterocycles. The summed E-state index contributed by atoms with van der Waals surface area (Å²) in [4.78, 5) is 0. The fraction of sp³-hybridized carbons (Fsp3) is 0.625. The predicted molar refractivity (Wildman–Crippen MR) is 79.8 cm³/mol. The Balaban J connectivity index is 2.02. The van der Waals surface area contributed by atoms with Crippen LogP contribution in [0.15, 0.2) is 12.1 Å². The lowest BCUT2D eigenvalue weighted by atomic mass is 9.51. The first-order valence-corrected chi connectivity index (χ1v) is 7.50. The molecule has 1 saturated heterocycles. The van der Waals surface area contributed by atoms with E-state index in [-0.39, 0.29) is 10.8 Å². The van der Waals surface area contributed by atoms with Gasteiger partial charge in [-0.3, -0.25) is 0 Å². The predicted octanol–water partition coefficient (Wildman–Crippen LogP) is 2.17.